The third-order valence-electron chi connectivity index (χ3n) is 10.7. The van der Waals surface area contributed by atoms with E-state index >= 15 is 0 Å². The van der Waals surface area contributed by atoms with Crippen LogP contribution in [0.4, 0.5) is 32.3 Å². The fourth-order valence-corrected chi connectivity index (χ4v) is 11.2. The molecule has 350 valence electrons. The van der Waals surface area contributed by atoms with Gasteiger partial charge in [-0.05, 0) is 98.6 Å². The van der Waals surface area contributed by atoms with E-state index in [9.17, 15) is 31.7 Å². The summed E-state index contributed by atoms with van der Waals surface area (Å²) in [6.45, 7) is 5.31. The van der Waals surface area contributed by atoms with Crippen LogP contribution in [0.25, 0.3) is 21.8 Å². The molecule has 4 heterocycles. The Hall–Kier alpha value is -7.12. The number of halogens is 2. The summed E-state index contributed by atoms with van der Waals surface area (Å²) in [4.78, 5) is 32.5. The molecule has 0 bridgehead atoms. The minimum absolute atomic E-state index is 0.193. The number of nitrogens with one attached hydrogen (secondary N) is 3. The van der Waals surface area contributed by atoms with Crippen molar-refractivity contribution in [2.75, 3.05) is 42.0 Å². The molecule has 0 aliphatic carbocycles. The fourth-order valence-electron chi connectivity index (χ4n) is 7.33. The molecule has 0 saturated heterocycles. The van der Waals surface area contributed by atoms with E-state index in [1.807, 2.05) is 19.9 Å². The molecule has 0 fully saturated rings. The SMILES string of the molecule is COC(=O)Nc1cc(Br)c2ccn(S(=O)(=O)c3ccc(C)cc3)c2c1.COC(=O)Nc1cc(C#N)c2c(c1)N(Cc1cnc[nH]1)CC2.Cc1ccc(S(=O)(=O)n2ccc3c(Br)cc(N)cc32)cc1. The van der Waals surface area contributed by atoms with Crippen LogP contribution in [0.15, 0.2) is 141 Å². The van der Waals surface area contributed by atoms with Gasteiger partial charge < -0.3 is 25.1 Å². The number of fused-ring (bicyclic) bond motifs is 3. The van der Waals surface area contributed by atoms with Gasteiger partial charge in [-0.3, -0.25) is 10.6 Å². The van der Waals surface area contributed by atoms with Crippen LogP contribution >= 0.6 is 31.9 Å². The standard InChI is InChI=1S/C17H15BrN2O4S.C15H13BrN2O2S.C15H15N5O2/c1-11-3-5-13(6-4-11)25(22,23)20-8-7-14-15(18)9-12(10-16(14)20)19-17(21)24-2;1-10-2-4-12(5-3-10)21(19,20)18-7-6-13-14(16)8-11(17)9-15(13)18;1-22-15(21)19-11-4-10(6-16)13-2-3-20(14(13)5-11)8-12-7-17-9-18-12/h3-10H,1-2H3,(H,19,21);2-9H,17H2,1H3;4-5,7,9H,2-3,8H2,1H3,(H,17,18)(H,19,21). The Morgan fingerprint density at radius 3 is 1.78 bits per heavy atom. The van der Waals surface area contributed by atoms with E-state index in [-0.39, 0.29) is 9.79 Å². The number of aromatic nitrogens is 4. The number of benzene rings is 5. The molecule has 8 aromatic rings. The molecule has 5 aromatic carbocycles. The van der Waals surface area contributed by atoms with Crippen LogP contribution in [-0.2, 0) is 42.5 Å². The molecular weight excluding hydrogens is 1040 g/mol. The second kappa shape index (κ2) is 20.4. The number of hydrogen-bond acceptors (Lipinski definition) is 12. The summed E-state index contributed by atoms with van der Waals surface area (Å²) in [6, 6.07) is 29.3. The molecule has 9 rings (SSSR count). The van der Waals surface area contributed by atoms with Crippen LogP contribution in [0.5, 0.6) is 0 Å². The van der Waals surface area contributed by atoms with Gasteiger partial charge in [0.1, 0.15) is 0 Å². The molecule has 2 amide bonds. The molecular formula is C47H43Br2N9O8S2. The van der Waals surface area contributed by atoms with Crippen molar-refractivity contribution in [3.63, 3.8) is 0 Å². The van der Waals surface area contributed by atoms with Gasteiger partial charge in [0, 0.05) is 67.6 Å². The highest BCUT2D eigenvalue weighted by molar-refractivity contribution is 9.11. The molecule has 68 heavy (non-hydrogen) atoms. The number of amides is 2. The van der Waals surface area contributed by atoms with Crippen LogP contribution < -0.4 is 21.3 Å². The molecule has 0 radical (unpaired) electrons. The number of nitriles is 1. The van der Waals surface area contributed by atoms with E-state index in [1.165, 1.54) is 28.4 Å². The average Bonchev–Trinajstić information content (AvgIpc) is 4.15. The van der Waals surface area contributed by atoms with Crippen molar-refractivity contribution < 1.29 is 35.9 Å². The molecule has 0 spiro atoms. The summed E-state index contributed by atoms with van der Waals surface area (Å²) in [5.74, 6) is 0. The Bertz CT molecular complexity index is 3440. The first-order valence-corrected chi connectivity index (χ1v) is 24.9. The van der Waals surface area contributed by atoms with E-state index in [0.29, 0.717) is 50.1 Å². The number of methoxy groups -OCH3 is 2. The zero-order valence-corrected chi connectivity index (χ0v) is 41.6. The number of carbonyl (C=O) groups excluding carboxylic acids is 2. The summed E-state index contributed by atoms with van der Waals surface area (Å²) in [6.07, 6.45) is 6.08. The van der Waals surface area contributed by atoms with Gasteiger partial charge in [0.15, 0.2) is 0 Å². The van der Waals surface area contributed by atoms with Gasteiger partial charge in [0.05, 0.1) is 65.2 Å². The highest BCUT2D eigenvalue weighted by Crippen LogP contribution is 2.36. The Balaban J connectivity index is 0.000000152. The Kier molecular flexibility index (Phi) is 14.6. The largest absolute Gasteiger partial charge is 0.453 e. The number of H-pyrrole nitrogens is 1. The summed E-state index contributed by atoms with van der Waals surface area (Å²) < 4.78 is 64.5. The summed E-state index contributed by atoms with van der Waals surface area (Å²) in [5.41, 5.74) is 13.8. The second-order valence-corrected chi connectivity index (χ2v) is 20.6. The van der Waals surface area contributed by atoms with E-state index in [2.05, 4.69) is 72.9 Å². The molecule has 0 saturated carbocycles. The monoisotopic (exact) mass is 1080 g/mol. The van der Waals surface area contributed by atoms with Crippen LogP contribution in [0.2, 0.25) is 0 Å². The smallest absolute Gasteiger partial charge is 0.411 e. The van der Waals surface area contributed by atoms with Crippen molar-refractivity contribution in [1.29, 1.82) is 5.26 Å². The fraction of sp³-hybridized carbons (Fsp3) is 0.149. The number of imidazole rings is 1. The van der Waals surface area contributed by atoms with Crippen molar-refractivity contribution in [3.05, 3.63) is 159 Å². The molecule has 1 aliphatic heterocycles. The van der Waals surface area contributed by atoms with E-state index in [0.717, 1.165) is 50.9 Å². The molecule has 3 aromatic heterocycles. The number of aromatic amines is 1. The molecule has 0 atom stereocenters. The average molecular weight is 1090 g/mol. The van der Waals surface area contributed by atoms with Crippen LogP contribution in [0, 0.1) is 25.2 Å². The number of ether oxygens (including phenoxy) is 2. The number of rotatable bonds is 8. The number of hydrogen-bond donors (Lipinski definition) is 4. The summed E-state index contributed by atoms with van der Waals surface area (Å²) in [5, 5.41) is 16.0. The number of carbonyl (C=O) groups is 2. The van der Waals surface area contributed by atoms with Crippen molar-refractivity contribution >= 4 is 109 Å². The molecule has 5 N–H and O–H groups in total. The molecule has 1 aliphatic rings. The lowest BCUT2D eigenvalue weighted by Crippen LogP contribution is -2.20. The van der Waals surface area contributed by atoms with E-state index < -0.39 is 32.2 Å². The predicted molar refractivity (Wildman–Crippen MR) is 268 cm³/mol. The van der Waals surface area contributed by atoms with Crippen molar-refractivity contribution in [2.45, 2.75) is 36.6 Å². The summed E-state index contributed by atoms with van der Waals surface area (Å²) in [7, 11) is -4.83. The zero-order chi connectivity index (χ0) is 48.9. The van der Waals surface area contributed by atoms with Gasteiger partial charge in [0.2, 0.25) is 0 Å². The summed E-state index contributed by atoms with van der Waals surface area (Å²) >= 11 is 6.81. The van der Waals surface area contributed by atoms with E-state index in [4.69, 9.17) is 5.73 Å². The van der Waals surface area contributed by atoms with Gasteiger partial charge in [0.25, 0.3) is 20.0 Å². The Labute approximate surface area is 408 Å². The highest BCUT2D eigenvalue weighted by Gasteiger charge is 2.25. The number of aryl methyl sites for hydroxylation is 2. The molecule has 0 unspecified atom stereocenters. The zero-order valence-electron chi connectivity index (χ0n) is 36.8. The Morgan fingerprint density at radius 1 is 0.765 bits per heavy atom. The highest BCUT2D eigenvalue weighted by atomic mass is 79.9. The lowest BCUT2D eigenvalue weighted by Gasteiger charge is -2.19. The van der Waals surface area contributed by atoms with Gasteiger partial charge >= 0.3 is 12.2 Å². The quantitative estimate of drug-likeness (QED) is 0.104. The van der Waals surface area contributed by atoms with Crippen LogP contribution in [0.1, 0.15) is 27.9 Å². The number of anilines is 4. The predicted octanol–water partition coefficient (Wildman–Crippen LogP) is 9.68. The molecule has 17 nitrogen and oxygen atoms in total. The third kappa shape index (κ3) is 10.5. The van der Waals surface area contributed by atoms with Gasteiger partial charge in [-0.2, -0.15) is 5.26 Å². The minimum atomic E-state index is -3.75. The minimum Gasteiger partial charge on any atom is -0.453 e. The first kappa shape index (κ1) is 48.8. The number of nitrogen functional groups attached to an aromatic ring is 1. The van der Waals surface area contributed by atoms with E-state index in [1.54, 1.807) is 110 Å². The topological polar surface area (TPSA) is 237 Å². The first-order valence-electron chi connectivity index (χ1n) is 20.4. The normalized spacial score (nSPS) is 12.0. The van der Waals surface area contributed by atoms with Gasteiger partial charge in [-0.15, -0.1) is 0 Å². The van der Waals surface area contributed by atoms with Crippen LogP contribution in [0.3, 0.4) is 0 Å². The lowest BCUT2D eigenvalue weighted by molar-refractivity contribution is 0.186. The number of nitrogens with two attached hydrogens (primary N) is 1. The van der Waals surface area contributed by atoms with Crippen molar-refractivity contribution in [1.82, 2.24) is 17.9 Å². The molecule has 21 heteroatoms. The first-order chi connectivity index (χ1) is 32.4. The lowest BCUT2D eigenvalue weighted by atomic mass is 10.0. The maximum Gasteiger partial charge on any atom is 0.411 e. The Morgan fingerprint density at radius 2 is 1.28 bits per heavy atom. The third-order valence-corrected chi connectivity index (χ3v) is 15.4. The maximum atomic E-state index is 13.0. The van der Waals surface area contributed by atoms with Gasteiger partial charge in [-0.25, -0.2) is 39.4 Å². The van der Waals surface area contributed by atoms with Crippen molar-refractivity contribution in [3.8, 4) is 6.07 Å². The number of nitrogens with zero attached hydrogens (tertiary/aromatic N) is 5. The second-order valence-electron chi connectivity index (χ2n) is 15.3. The van der Waals surface area contributed by atoms with Gasteiger partial charge in [-0.1, -0.05) is 67.3 Å². The van der Waals surface area contributed by atoms with Crippen molar-refractivity contribution in [2.24, 2.45) is 0 Å². The van der Waals surface area contributed by atoms with Crippen LogP contribution in [-0.4, -0.2) is 67.7 Å². The maximum absolute atomic E-state index is 13.0.